The van der Waals surface area contributed by atoms with Crippen LogP contribution in [0.25, 0.3) is 10.2 Å². The van der Waals surface area contributed by atoms with E-state index in [0.717, 1.165) is 22.5 Å². The van der Waals surface area contributed by atoms with Crippen LogP contribution in [-0.2, 0) is 6.42 Å². The van der Waals surface area contributed by atoms with Gasteiger partial charge in [-0.05, 0) is 37.4 Å². The Labute approximate surface area is 120 Å². The third-order valence-electron chi connectivity index (χ3n) is 2.95. The fourth-order valence-corrected chi connectivity index (χ4v) is 3.84. The van der Waals surface area contributed by atoms with Gasteiger partial charge in [0.15, 0.2) is 0 Å². The first-order valence-corrected chi connectivity index (χ1v) is 7.92. The molecule has 0 bridgehead atoms. The first kappa shape index (κ1) is 12.6. The fraction of sp³-hybridized carbons (Fsp3) is 0.286. The lowest BCUT2D eigenvalue weighted by Gasteiger charge is -2.14. The molecule has 0 aliphatic carbocycles. The van der Waals surface area contributed by atoms with Crippen LogP contribution in [0.3, 0.4) is 0 Å². The van der Waals surface area contributed by atoms with Crippen LogP contribution in [0.2, 0.25) is 0 Å². The van der Waals surface area contributed by atoms with Crippen molar-refractivity contribution < 1.29 is 0 Å². The van der Waals surface area contributed by atoms with Gasteiger partial charge in [0.05, 0.1) is 5.39 Å². The van der Waals surface area contributed by atoms with Crippen molar-refractivity contribution in [2.45, 2.75) is 26.3 Å². The van der Waals surface area contributed by atoms with Crippen molar-refractivity contribution >= 4 is 38.7 Å². The summed E-state index contributed by atoms with van der Waals surface area (Å²) in [5.74, 6) is 0.937. The molecule has 98 valence electrons. The van der Waals surface area contributed by atoms with Crippen molar-refractivity contribution in [2.75, 3.05) is 5.32 Å². The largest absolute Gasteiger partial charge is 0.367 e. The van der Waals surface area contributed by atoms with Gasteiger partial charge < -0.3 is 5.32 Å². The van der Waals surface area contributed by atoms with E-state index in [4.69, 9.17) is 0 Å². The van der Waals surface area contributed by atoms with Gasteiger partial charge in [0.2, 0.25) is 0 Å². The number of hydrogen-bond donors (Lipinski definition) is 1. The van der Waals surface area contributed by atoms with Gasteiger partial charge in [-0.3, -0.25) is 0 Å². The van der Waals surface area contributed by atoms with E-state index < -0.39 is 0 Å². The van der Waals surface area contributed by atoms with E-state index in [1.54, 1.807) is 17.7 Å². The Morgan fingerprint density at radius 1 is 1.26 bits per heavy atom. The van der Waals surface area contributed by atoms with E-state index in [2.05, 4.69) is 52.7 Å². The summed E-state index contributed by atoms with van der Waals surface area (Å²) in [5, 5.41) is 6.66. The van der Waals surface area contributed by atoms with E-state index in [1.165, 1.54) is 9.75 Å². The number of anilines is 1. The first-order chi connectivity index (χ1) is 9.22. The smallest absolute Gasteiger partial charge is 0.138 e. The summed E-state index contributed by atoms with van der Waals surface area (Å²) in [6, 6.07) is 6.81. The molecule has 5 heteroatoms. The van der Waals surface area contributed by atoms with Crippen molar-refractivity contribution in [3.63, 3.8) is 0 Å². The van der Waals surface area contributed by atoms with Crippen molar-refractivity contribution in [3.8, 4) is 0 Å². The molecule has 0 aliphatic heterocycles. The van der Waals surface area contributed by atoms with Gasteiger partial charge in [0.1, 0.15) is 17.0 Å². The molecule has 3 aromatic rings. The molecular weight excluding hydrogens is 274 g/mol. The van der Waals surface area contributed by atoms with Gasteiger partial charge in [0, 0.05) is 22.2 Å². The summed E-state index contributed by atoms with van der Waals surface area (Å²) in [4.78, 5) is 12.4. The minimum atomic E-state index is 0.357. The minimum absolute atomic E-state index is 0.357. The highest BCUT2D eigenvalue weighted by Crippen LogP contribution is 2.25. The number of nitrogens with one attached hydrogen (secondary N) is 1. The van der Waals surface area contributed by atoms with E-state index in [9.17, 15) is 0 Å². The molecule has 1 atom stereocenters. The second-order valence-corrected chi connectivity index (χ2v) is 6.89. The van der Waals surface area contributed by atoms with Crippen LogP contribution in [0.1, 0.15) is 16.7 Å². The lowest BCUT2D eigenvalue weighted by Crippen LogP contribution is -2.18. The van der Waals surface area contributed by atoms with Crippen LogP contribution in [-0.4, -0.2) is 16.0 Å². The number of aryl methyl sites for hydroxylation is 1. The average molecular weight is 289 g/mol. The van der Waals surface area contributed by atoms with Crippen molar-refractivity contribution in [3.05, 3.63) is 39.7 Å². The molecule has 3 rings (SSSR count). The molecule has 0 aliphatic rings. The van der Waals surface area contributed by atoms with Crippen molar-refractivity contribution in [1.82, 2.24) is 9.97 Å². The molecule has 19 heavy (non-hydrogen) atoms. The van der Waals surface area contributed by atoms with Crippen LogP contribution in [0.4, 0.5) is 5.82 Å². The van der Waals surface area contributed by atoms with Gasteiger partial charge >= 0.3 is 0 Å². The highest BCUT2D eigenvalue weighted by Gasteiger charge is 2.09. The molecule has 3 heterocycles. The van der Waals surface area contributed by atoms with E-state index in [0.29, 0.717) is 6.04 Å². The number of rotatable bonds is 4. The monoisotopic (exact) mass is 289 g/mol. The predicted molar refractivity (Wildman–Crippen MR) is 83.3 cm³/mol. The fourth-order valence-electron chi connectivity index (χ4n) is 2.09. The molecule has 0 fully saturated rings. The summed E-state index contributed by atoms with van der Waals surface area (Å²) in [6.07, 6.45) is 2.65. The number of aromatic nitrogens is 2. The lowest BCUT2D eigenvalue weighted by molar-refractivity contribution is 0.795. The number of nitrogens with zero attached hydrogens (tertiary/aromatic N) is 2. The third-order valence-corrected chi connectivity index (χ3v) is 4.79. The second-order valence-electron chi connectivity index (χ2n) is 4.62. The summed E-state index contributed by atoms with van der Waals surface area (Å²) in [5.41, 5.74) is 0. The summed E-state index contributed by atoms with van der Waals surface area (Å²) in [7, 11) is 0. The molecular formula is C14H15N3S2. The molecule has 3 nitrogen and oxygen atoms in total. The van der Waals surface area contributed by atoms with Crippen LogP contribution in [0.15, 0.2) is 29.9 Å². The third kappa shape index (κ3) is 2.77. The molecule has 0 unspecified atom stereocenters. The molecule has 0 aromatic carbocycles. The first-order valence-electron chi connectivity index (χ1n) is 6.22. The molecule has 1 N–H and O–H groups in total. The zero-order valence-corrected chi connectivity index (χ0v) is 12.5. The maximum atomic E-state index is 4.35. The Morgan fingerprint density at radius 3 is 2.95 bits per heavy atom. The highest BCUT2D eigenvalue weighted by atomic mass is 32.1. The number of thiophene rings is 2. The predicted octanol–water partition coefficient (Wildman–Crippen LogP) is 4.10. The SMILES string of the molecule is Cc1ccc(C[C@H](C)Nc2ncnc3sccc23)s1. The quantitative estimate of drug-likeness (QED) is 0.785. The Morgan fingerprint density at radius 2 is 2.16 bits per heavy atom. The molecule has 3 aromatic heterocycles. The lowest BCUT2D eigenvalue weighted by atomic mass is 10.2. The normalized spacial score (nSPS) is 12.7. The Bertz CT molecular complexity index is 687. The van der Waals surface area contributed by atoms with Crippen LogP contribution < -0.4 is 5.32 Å². The Hall–Kier alpha value is -1.46. The van der Waals surface area contributed by atoms with E-state index >= 15 is 0 Å². The minimum Gasteiger partial charge on any atom is -0.367 e. The zero-order valence-electron chi connectivity index (χ0n) is 10.9. The summed E-state index contributed by atoms with van der Waals surface area (Å²) >= 11 is 3.51. The van der Waals surface area contributed by atoms with E-state index in [-0.39, 0.29) is 0 Å². The van der Waals surface area contributed by atoms with E-state index in [1.807, 2.05) is 11.3 Å². The Balaban J connectivity index is 1.75. The molecule has 0 radical (unpaired) electrons. The molecule has 0 saturated heterocycles. The van der Waals surface area contributed by atoms with Gasteiger partial charge in [-0.2, -0.15) is 0 Å². The van der Waals surface area contributed by atoms with Crippen LogP contribution >= 0.6 is 22.7 Å². The summed E-state index contributed by atoms with van der Waals surface area (Å²) < 4.78 is 0. The zero-order chi connectivity index (χ0) is 13.2. The number of fused-ring (bicyclic) bond motifs is 1. The van der Waals surface area contributed by atoms with Crippen LogP contribution in [0.5, 0.6) is 0 Å². The Kier molecular flexibility index (Phi) is 3.48. The maximum Gasteiger partial charge on any atom is 0.138 e. The van der Waals surface area contributed by atoms with Crippen LogP contribution in [0, 0.1) is 6.92 Å². The standard InChI is InChI=1S/C14H15N3S2/c1-9(7-11-4-3-10(2)19-11)17-13-12-5-6-18-14(12)16-8-15-13/h3-6,8-9H,7H2,1-2H3,(H,15,16,17)/t9-/m0/s1. The highest BCUT2D eigenvalue weighted by molar-refractivity contribution is 7.16. The maximum absolute atomic E-state index is 4.35. The number of hydrogen-bond acceptors (Lipinski definition) is 5. The second kappa shape index (κ2) is 5.27. The molecule has 0 amide bonds. The van der Waals surface area contributed by atoms with Crippen molar-refractivity contribution in [2.24, 2.45) is 0 Å². The van der Waals surface area contributed by atoms with Gasteiger partial charge in [0.25, 0.3) is 0 Å². The van der Waals surface area contributed by atoms with Gasteiger partial charge in [-0.1, -0.05) is 0 Å². The topological polar surface area (TPSA) is 37.8 Å². The van der Waals surface area contributed by atoms with Gasteiger partial charge in [-0.25, -0.2) is 9.97 Å². The van der Waals surface area contributed by atoms with Gasteiger partial charge in [-0.15, -0.1) is 22.7 Å². The summed E-state index contributed by atoms with van der Waals surface area (Å²) in [6.45, 7) is 4.33. The average Bonchev–Trinajstić information content (AvgIpc) is 2.98. The molecule has 0 saturated carbocycles. The van der Waals surface area contributed by atoms with Crippen molar-refractivity contribution in [1.29, 1.82) is 0 Å². The molecule has 0 spiro atoms.